The van der Waals surface area contributed by atoms with Gasteiger partial charge in [-0.2, -0.15) is 0 Å². The summed E-state index contributed by atoms with van der Waals surface area (Å²) < 4.78 is 1.46. The monoisotopic (exact) mass is 206 g/mol. The maximum atomic E-state index is 11.4. The number of nitrogens with one attached hydrogen (secondary N) is 2. The van der Waals surface area contributed by atoms with Gasteiger partial charge in [-0.15, -0.1) is 5.10 Å². The second kappa shape index (κ2) is 4.36. The summed E-state index contributed by atoms with van der Waals surface area (Å²) in [4.78, 5) is 18.1. The quantitative estimate of drug-likeness (QED) is 0.693. The van der Waals surface area contributed by atoms with Crippen LogP contribution in [0.25, 0.3) is 0 Å². The number of aromatic nitrogens is 5. The van der Waals surface area contributed by atoms with E-state index in [1.54, 1.807) is 18.7 Å². The highest BCUT2D eigenvalue weighted by Gasteiger charge is 2.02. The van der Waals surface area contributed by atoms with E-state index in [1.165, 1.54) is 10.9 Å². The highest BCUT2D eigenvalue weighted by atomic mass is 16.2. The Kier molecular flexibility index (Phi) is 2.72. The van der Waals surface area contributed by atoms with E-state index in [-0.39, 0.29) is 12.5 Å². The van der Waals surface area contributed by atoms with Gasteiger partial charge in [0, 0.05) is 12.4 Å². The molecule has 0 aromatic carbocycles. The second-order valence-electron chi connectivity index (χ2n) is 2.95. The first kappa shape index (κ1) is 9.38. The lowest BCUT2D eigenvalue weighted by Crippen LogP contribution is -2.27. The van der Waals surface area contributed by atoms with Crippen molar-refractivity contribution in [3.8, 4) is 0 Å². The van der Waals surface area contributed by atoms with Crippen molar-refractivity contribution in [2.24, 2.45) is 0 Å². The molecule has 0 aliphatic carbocycles. The van der Waals surface area contributed by atoms with Gasteiger partial charge in [0.25, 0.3) is 0 Å². The molecular weight excluding hydrogens is 196 g/mol. The standard InChI is InChI=1S/C8H10N6O/c15-8(5-14-2-1-12-13-14)10-4-7-3-9-6-11-7/h1-3,6H,4-5H2,(H,9,11)(H,10,15). The number of aromatic amines is 1. The number of carbonyl (C=O) groups excluding carboxylic acids is 1. The summed E-state index contributed by atoms with van der Waals surface area (Å²) in [7, 11) is 0. The van der Waals surface area contributed by atoms with Gasteiger partial charge in [-0.25, -0.2) is 9.67 Å². The normalized spacial score (nSPS) is 10.1. The minimum Gasteiger partial charge on any atom is -0.349 e. The molecule has 15 heavy (non-hydrogen) atoms. The van der Waals surface area contributed by atoms with Crippen LogP contribution in [0.3, 0.4) is 0 Å². The second-order valence-corrected chi connectivity index (χ2v) is 2.95. The van der Waals surface area contributed by atoms with Crippen molar-refractivity contribution in [3.05, 3.63) is 30.6 Å². The zero-order chi connectivity index (χ0) is 10.5. The van der Waals surface area contributed by atoms with Crippen molar-refractivity contribution >= 4 is 5.91 Å². The number of H-pyrrole nitrogens is 1. The Labute approximate surface area is 85.5 Å². The van der Waals surface area contributed by atoms with Crippen LogP contribution in [0.5, 0.6) is 0 Å². The summed E-state index contributed by atoms with van der Waals surface area (Å²) in [5, 5.41) is 10.0. The maximum Gasteiger partial charge on any atom is 0.242 e. The lowest BCUT2D eigenvalue weighted by Gasteiger charge is -2.02. The van der Waals surface area contributed by atoms with Crippen LogP contribution in [0, 0.1) is 0 Å². The first-order valence-electron chi connectivity index (χ1n) is 4.42. The van der Waals surface area contributed by atoms with Gasteiger partial charge < -0.3 is 10.3 Å². The van der Waals surface area contributed by atoms with Crippen LogP contribution in [0.1, 0.15) is 5.69 Å². The van der Waals surface area contributed by atoms with Gasteiger partial charge in [0.15, 0.2) is 0 Å². The molecule has 0 saturated carbocycles. The molecule has 2 heterocycles. The molecule has 0 saturated heterocycles. The molecular formula is C8H10N6O. The first-order chi connectivity index (χ1) is 7.34. The van der Waals surface area contributed by atoms with Crippen molar-refractivity contribution in [2.45, 2.75) is 13.1 Å². The maximum absolute atomic E-state index is 11.4. The minimum absolute atomic E-state index is 0.116. The molecule has 78 valence electrons. The van der Waals surface area contributed by atoms with E-state index in [2.05, 4.69) is 25.6 Å². The molecule has 7 heteroatoms. The van der Waals surface area contributed by atoms with Gasteiger partial charge in [0.2, 0.25) is 5.91 Å². The molecule has 0 aliphatic rings. The van der Waals surface area contributed by atoms with E-state index < -0.39 is 0 Å². The molecule has 0 fully saturated rings. The number of hydrogen-bond acceptors (Lipinski definition) is 4. The van der Waals surface area contributed by atoms with Crippen molar-refractivity contribution in [3.63, 3.8) is 0 Å². The van der Waals surface area contributed by atoms with Gasteiger partial charge in [0.1, 0.15) is 6.54 Å². The van der Waals surface area contributed by atoms with E-state index in [0.717, 1.165) is 5.69 Å². The summed E-state index contributed by atoms with van der Waals surface area (Å²) in [5.74, 6) is -0.116. The van der Waals surface area contributed by atoms with Gasteiger partial charge >= 0.3 is 0 Å². The number of nitrogens with zero attached hydrogens (tertiary/aromatic N) is 4. The van der Waals surface area contributed by atoms with Gasteiger partial charge in [-0.3, -0.25) is 4.79 Å². The average Bonchev–Trinajstić information content (AvgIpc) is 2.86. The largest absolute Gasteiger partial charge is 0.349 e. The van der Waals surface area contributed by atoms with Crippen LogP contribution in [0.2, 0.25) is 0 Å². The van der Waals surface area contributed by atoms with Crippen molar-refractivity contribution in [2.75, 3.05) is 0 Å². The molecule has 7 nitrogen and oxygen atoms in total. The number of carbonyl (C=O) groups is 1. The zero-order valence-corrected chi connectivity index (χ0v) is 7.92. The first-order valence-corrected chi connectivity index (χ1v) is 4.42. The highest BCUT2D eigenvalue weighted by molar-refractivity contribution is 5.75. The Morgan fingerprint density at radius 1 is 1.60 bits per heavy atom. The Bertz CT molecular complexity index is 406. The van der Waals surface area contributed by atoms with Crippen LogP contribution < -0.4 is 5.32 Å². The third-order valence-corrected chi connectivity index (χ3v) is 1.81. The molecule has 0 spiro atoms. The number of hydrogen-bond donors (Lipinski definition) is 2. The van der Waals surface area contributed by atoms with E-state index in [9.17, 15) is 4.79 Å². The summed E-state index contributed by atoms with van der Waals surface area (Å²) >= 11 is 0. The molecule has 2 N–H and O–H groups in total. The molecule has 2 aromatic heterocycles. The number of rotatable bonds is 4. The van der Waals surface area contributed by atoms with E-state index in [1.807, 2.05) is 0 Å². The van der Waals surface area contributed by atoms with Crippen LogP contribution in [0.15, 0.2) is 24.9 Å². The SMILES string of the molecule is O=C(Cn1ccnn1)NCc1cnc[nH]1. The Morgan fingerprint density at radius 2 is 2.53 bits per heavy atom. The molecule has 0 radical (unpaired) electrons. The zero-order valence-electron chi connectivity index (χ0n) is 7.92. The van der Waals surface area contributed by atoms with Crippen molar-refractivity contribution in [1.82, 2.24) is 30.3 Å². The van der Waals surface area contributed by atoms with E-state index in [4.69, 9.17) is 0 Å². The van der Waals surface area contributed by atoms with Crippen LogP contribution in [-0.4, -0.2) is 30.9 Å². The van der Waals surface area contributed by atoms with E-state index in [0.29, 0.717) is 6.54 Å². The topological polar surface area (TPSA) is 88.5 Å². The van der Waals surface area contributed by atoms with E-state index >= 15 is 0 Å². The van der Waals surface area contributed by atoms with Gasteiger partial charge in [-0.1, -0.05) is 5.21 Å². The lowest BCUT2D eigenvalue weighted by atomic mass is 10.4. The Morgan fingerprint density at radius 3 is 3.20 bits per heavy atom. The lowest BCUT2D eigenvalue weighted by molar-refractivity contribution is -0.122. The molecule has 0 bridgehead atoms. The van der Waals surface area contributed by atoms with Crippen molar-refractivity contribution < 1.29 is 4.79 Å². The smallest absolute Gasteiger partial charge is 0.242 e. The molecule has 1 amide bonds. The third-order valence-electron chi connectivity index (χ3n) is 1.81. The van der Waals surface area contributed by atoms with Crippen LogP contribution in [-0.2, 0) is 17.9 Å². The minimum atomic E-state index is -0.116. The third kappa shape index (κ3) is 2.63. The fourth-order valence-corrected chi connectivity index (χ4v) is 1.10. The van der Waals surface area contributed by atoms with Gasteiger partial charge in [-0.05, 0) is 0 Å². The predicted octanol–water partition coefficient (Wildman–Crippen LogP) is -0.682. The number of amides is 1. The van der Waals surface area contributed by atoms with Gasteiger partial charge in [0.05, 0.1) is 24.8 Å². The summed E-state index contributed by atoms with van der Waals surface area (Å²) in [6.45, 7) is 0.613. The molecule has 2 rings (SSSR count). The summed E-state index contributed by atoms with van der Waals surface area (Å²) in [5.41, 5.74) is 0.863. The molecule has 0 unspecified atom stereocenters. The Hall–Kier alpha value is -2.18. The Balaban J connectivity index is 1.78. The molecule has 2 aromatic rings. The fourth-order valence-electron chi connectivity index (χ4n) is 1.10. The van der Waals surface area contributed by atoms with Crippen LogP contribution in [0.4, 0.5) is 0 Å². The summed E-state index contributed by atoms with van der Waals surface area (Å²) in [6.07, 6.45) is 6.40. The predicted molar refractivity (Wildman–Crippen MR) is 50.5 cm³/mol. The summed E-state index contributed by atoms with van der Waals surface area (Å²) in [6, 6.07) is 0. The molecule has 0 atom stereocenters. The fraction of sp³-hybridized carbons (Fsp3) is 0.250. The number of imidazole rings is 1. The highest BCUT2D eigenvalue weighted by Crippen LogP contribution is 1.89. The van der Waals surface area contributed by atoms with Crippen LogP contribution >= 0.6 is 0 Å². The molecule has 0 aliphatic heterocycles. The van der Waals surface area contributed by atoms with Crippen molar-refractivity contribution in [1.29, 1.82) is 0 Å². The average molecular weight is 206 g/mol.